The van der Waals surface area contributed by atoms with Crippen molar-refractivity contribution >= 4 is 40.8 Å². The van der Waals surface area contributed by atoms with E-state index in [0.717, 1.165) is 6.07 Å². The van der Waals surface area contributed by atoms with Crippen LogP contribution in [-0.2, 0) is 19.1 Å². The summed E-state index contributed by atoms with van der Waals surface area (Å²) >= 11 is 5.73. The summed E-state index contributed by atoms with van der Waals surface area (Å²) in [4.78, 5) is 44.6. The van der Waals surface area contributed by atoms with Crippen LogP contribution in [0.15, 0.2) is 18.2 Å². The molecule has 122 valence electrons. The van der Waals surface area contributed by atoms with Crippen molar-refractivity contribution in [2.45, 2.75) is 18.9 Å². The van der Waals surface area contributed by atoms with E-state index in [4.69, 9.17) is 16.3 Å². The van der Waals surface area contributed by atoms with Crippen LogP contribution >= 0.6 is 11.6 Å². The van der Waals surface area contributed by atoms with Crippen molar-refractivity contribution in [1.29, 1.82) is 0 Å². The zero-order valence-corrected chi connectivity index (χ0v) is 12.5. The van der Waals surface area contributed by atoms with Crippen molar-refractivity contribution in [2.75, 3.05) is 11.9 Å². The van der Waals surface area contributed by atoms with Gasteiger partial charge in [0.05, 0.1) is 4.92 Å². The second-order valence-corrected chi connectivity index (χ2v) is 5.17. The lowest BCUT2D eigenvalue weighted by atomic mass is 10.2. The van der Waals surface area contributed by atoms with Gasteiger partial charge in [-0.15, -0.1) is 0 Å². The number of benzene rings is 1. The SMILES string of the molecule is O=C(COC(=O)C1CCC(=O)N1)Nc1cc(Cl)ccc1[N+](=O)[O-]. The van der Waals surface area contributed by atoms with Crippen molar-refractivity contribution in [3.63, 3.8) is 0 Å². The molecule has 1 saturated heterocycles. The summed E-state index contributed by atoms with van der Waals surface area (Å²) in [6, 6.07) is 2.92. The minimum absolute atomic E-state index is 0.0993. The highest BCUT2D eigenvalue weighted by molar-refractivity contribution is 6.31. The van der Waals surface area contributed by atoms with E-state index in [-0.39, 0.29) is 28.7 Å². The van der Waals surface area contributed by atoms with Gasteiger partial charge in [-0.3, -0.25) is 19.7 Å². The smallest absolute Gasteiger partial charge is 0.329 e. The molecule has 1 aromatic rings. The van der Waals surface area contributed by atoms with Gasteiger partial charge < -0.3 is 15.4 Å². The monoisotopic (exact) mass is 341 g/mol. The summed E-state index contributed by atoms with van der Waals surface area (Å²) in [7, 11) is 0. The number of hydrogen-bond donors (Lipinski definition) is 2. The van der Waals surface area contributed by atoms with Gasteiger partial charge >= 0.3 is 5.97 Å². The van der Waals surface area contributed by atoms with Crippen LogP contribution in [0, 0.1) is 10.1 Å². The van der Waals surface area contributed by atoms with Crippen LogP contribution in [0.5, 0.6) is 0 Å². The van der Waals surface area contributed by atoms with Crippen molar-refractivity contribution in [3.05, 3.63) is 33.3 Å². The Labute approximate surface area is 135 Å². The van der Waals surface area contributed by atoms with E-state index in [1.807, 2.05) is 0 Å². The van der Waals surface area contributed by atoms with Crippen molar-refractivity contribution in [2.24, 2.45) is 0 Å². The fourth-order valence-corrected chi connectivity index (χ4v) is 2.15. The zero-order valence-electron chi connectivity index (χ0n) is 11.7. The van der Waals surface area contributed by atoms with E-state index in [1.54, 1.807) is 0 Å². The predicted octanol–water partition coefficient (Wildman–Crippen LogP) is 1.01. The predicted molar refractivity (Wildman–Crippen MR) is 78.9 cm³/mol. The van der Waals surface area contributed by atoms with Crippen molar-refractivity contribution in [1.82, 2.24) is 5.32 Å². The van der Waals surface area contributed by atoms with E-state index in [1.165, 1.54) is 12.1 Å². The molecule has 9 nitrogen and oxygen atoms in total. The topological polar surface area (TPSA) is 128 Å². The average Bonchev–Trinajstić information content (AvgIpc) is 2.91. The van der Waals surface area contributed by atoms with E-state index >= 15 is 0 Å². The number of nitrogens with zero attached hydrogens (tertiary/aromatic N) is 1. The minimum Gasteiger partial charge on any atom is -0.454 e. The Hall–Kier alpha value is -2.68. The number of nitro groups is 1. The third-order valence-electron chi connectivity index (χ3n) is 3.05. The molecular formula is C13H12ClN3O6. The summed E-state index contributed by atoms with van der Waals surface area (Å²) in [6.07, 6.45) is 0.528. The number of halogens is 1. The Morgan fingerprint density at radius 2 is 2.22 bits per heavy atom. The van der Waals surface area contributed by atoms with Crippen molar-refractivity contribution in [3.8, 4) is 0 Å². The van der Waals surface area contributed by atoms with Gasteiger partial charge in [-0.1, -0.05) is 11.6 Å². The molecule has 1 atom stereocenters. The number of hydrogen-bond acceptors (Lipinski definition) is 6. The molecule has 0 radical (unpaired) electrons. The van der Waals surface area contributed by atoms with Crippen molar-refractivity contribution < 1.29 is 24.0 Å². The molecule has 0 spiro atoms. The van der Waals surface area contributed by atoms with E-state index in [0.29, 0.717) is 6.42 Å². The molecule has 1 fully saturated rings. The number of amides is 2. The largest absolute Gasteiger partial charge is 0.454 e. The second kappa shape index (κ2) is 7.05. The highest BCUT2D eigenvalue weighted by Crippen LogP contribution is 2.27. The van der Waals surface area contributed by atoms with E-state index in [9.17, 15) is 24.5 Å². The molecule has 0 saturated carbocycles. The third kappa shape index (κ3) is 4.39. The number of ether oxygens (including phenoxy) is 1. The molecular weight excluding hydrogens is 330 g/mol. The van der Waals surface area contributed by atoms with Gasteiger partial charge in [0.2, 0.25) is 5.91 Å². The van der Waals surface area contributed by atoms with Crippen LogP contribution in [0.3, 0.4) is 0 Å². The lowest BCUT2D eigenvalue weighted by Crippen LogP contribution is -2.36. The maximum Gasteiger partial charge on any atom is 0.329 e. The van der Waals surface area contributed by atoms with Gasteiger partial charge in [0, 0.05) is 17.5 Å². The number of esters is 1. The Morgan fingerprint density at radius 1 is 1.48 bits per heavy atom. The maximum atomic E-state index is 11.7. The average molecular weight is 342 g/mol. The number of carbonyl (C=O) groups is 3. The van der Waals surface area contributed by atoms with Crippen LogP contribution in [0.2, 0.25) is 5.02 Å². The van der Waals surface area contributed by atoms with Crippen LogP contribution in [0.1, 0.15) is 12.8 Å². The lowest BCUT2D eigenvalue weighted by molar-refractivity contribution is -0.383. The minimum atomic E-state index is -0.768. The summed E-state index contributed by atoms with van der Waals surface area (Å²) in [5.74, 6) is -1.74. The van der Waals surface area contributed by atoms with Gasteiger partial charge in [0.25, 0.3) is 11.6 Å². The summed E-state index contributed by atoms with van der Waals surface area (Å²) < 4.78 is 4.77. The first-order chi connectivity index (χ1) is 10.9. The van der Waals surface area contributed by atoms with Crippen LogP contribution in [0.4, 0.5) is 11.4 Å². The number of nitro benzene ring substituents is 1. The molecule has 1 heterocycles. The van der Waals surface area contributed by atoms with Gasteiger partial charge in [0.15, 0.2) is 6.61 Å². The number of carbonyl (C=O) groups excluding carboxylic acids is 3. The summed E-state index contributed by atoms with van der Waals surface area (Å²) in [5.41, 5.74) is -0.435. The first-order valence-corrected chi connectivity index (χ1v) is 6.94. The fourth-order valence-electron chi connectivity index (χ4n) is 1.98. The number of rotatable bonds is 5. The molecule has 1 aliphatic rings. The first-order valence-electron chi connectivity index (χ1n) is 6.56. The van der Waals surface area contributed by atoms with Crippen LogP contribution < -0.4 is 10.6 Å². The van der Waals surface area contributed by atoms with E-state index in [2.05, 4.69) is 10.6 Å². The molecule has 2 rings (SSSR count). The molecule has 1 aliphatic heterocycles. The van der Waals surface area contributed by atoms with Gasteiger partial charge in [-0.2, -0.15) is 0 Å². The summed E-state index contributed by atoms with van der Waals surface area (Å²) in [6.45, 7) is -0.630. The summed E-state index contributed by atoms with van der Waals surface area (Å²) in [5, 5.41) is 15.7. The standard InChI is InChI=1S/C13H12ClN3O6/c14-7-1-3-10(17(21)22)9(5-7)16-12(19)6-23-13(20)8-2-4-11(18)15-8/h1,3,5,8H,2,4,6H2,(H,15,18)(H,16,19). The molecule has 23 heavy (non-hydrogen) atoms. The van der Waals surface area contributed by atoms with Crippen LogP contribution in [0.25, 0.3) is 0 Å². The molecule has 0 aromatic heterocycles. The molecule has 10 heteroatoms. The molecule has 0 bridgehead atoms. The molecule has 2 amide bonds. The highest BCUT2D eigenvalue weighted by Gasteiger charge is 2.29. The zero-order chi connectivity index (χ0) is 17.0. The Balaban J connectivity index is 1.92. The number of nitrogens with one attached hydrogen (secondary N) is 2. The van der Waals surface area contributed by atoms with Crippen LogP contribution in [-0.4, -0.2) is 35.4 Å². The quantitative estimate of drug-likeness (QED) is 0.467. The Bertz CT molecular complexity index is 678. The lowest BCUT2D eigenvalue weighted by Gasteiger charge is -2.10. The molecule has 1 aromatic carbocycles. The van der Waals surface area contributed by atoms with Gasteiger partial charge in [0.1, 0.15) is 11.7 Å². The number of anilines is 1. The molecule has 0 aliphatic carbocycles. The Morgan fingerprint density at radius 3 is 2.83 bits per heavy atom. The Kier molecular flexibility index (Phi) is 5.12. The molecule has 1 unspecified atom stereocenters. The normalized spacial score (nSPS) is 16.6. The van der Waals surface area contributed by atoms with E-state index < -0.39 is 29.4 Å². The highest BCUT2D eigenvalue weighted by atomic mass is 35.5. The third-order valence-corrected chi connectivity index (χ3v) is 3.29. The van der Waals surface area contributed by atoms with Gasteiger partial charge in [-0.25, -0.2) is 4.79 Å². The maximum absolute atomic E-state index is 11.7. The fraction of sp³-hybridized carbons (Fsp3) is 0.308. The second-order valence-electron chi connectivity index (χ2n) is 4.73. The van der Waals surface area contributed by atoms with Gasteiger partial charge in [-0.05, 0) is 18.6 Å². The first kappa shape index (κ1) is 16.7. The molecule has 2 N–H and O–H groups in total.